The van der Waals surface area contributed by atoms with Gasteiger partial charge in [0, 0.05) is 29.7 Å². The van der Waals surface area contributed by atoms with Crippen LogP contribution in [0.3, 0.4) is 0 Å². The third-order valence-corrected chi connectivity index (χ3v) is 6.13. The van der Waals surface area contributed by atoms with Crippen molar-refractivity contribution in [1.82, 2.24) is 8.96 Å². The highest BCUT2D eigenvalue weighted by Gasteiger charge is 2.26. The molecule has 0 bridgehead atoms. The van der Waals surface area contributed by atoms with Gasteiger partial charge in [-0.05, 0) is 42.5 Å². The highest BCUT2D eigenvalue weighted by atomic mass is 32.2. The Kier molecular flexibility index (Phi) is 4.88. The molecule has 9 heteroatoms. The molecule has 0 radical (unpaired) electrons. The van der Waals surface area contributed by atoms with Gasteiger partial charge in [0.05, 0.1) is 16.0 Å². The number of para-hydroxylation sites is 1. The lowest BCUT2D eigenvalue weighted by Crippen LogP contribution is -2.22. The van der Waals surface area contributed by atoms with E-state index in [1.165, 1.54) is 30.6 Å². The average Bonchev–Trinajstić information content (AvgIpc) is 3.15. The van der Waals surface area contributed by atoms with Crippen LogP contribution in [0.2, 0.25) is 0 Å². The molecule has 1 amide bonds. The fourth-order valence-electron chi connectivity index (χ4n) is 3.00. The first-order valence-corrected chi connectivity index (χ1v) is 10.2. The van der Waals surface area contributed by atoms with Crippen molar-refractivity contribution >= 4 is 38.3 Å². The van der Waals surface area contributed by atoms with Gasteiger partial charge in [0.1, 0.15) is 5.82 Å². The van der Waals surface area contributed by atoms with Crippen LogP contribution in [0.4, 0.5) is 10.1 Å². The smallest absolute Gasteiger partial charge is 0.296 e. The maximum Gasteiger partial charge on any atom is 0.296 e. The van der Waals surface area contributed by atoms with E-state index in [0.29, 0.717) is 11.1 Å². The number of benzene rings is 2. The summed E-state index contributed by atoms with van der Waals surface area (Å²) in [5.74, 6) is -2.38. The van der Waals surface area contributed by atoms with Crippen LogP contribution in [-0.2, 0) is 14.8 Å². The number of anilines is 1. The van der Waals surface area contributed by atoms with Gasteiger partial charge in [0.15, 0.2) is 0 Å². The second-order valence-corrected chi connectivity index (χ2v) is 8.15. The van der Waals surface area contributed by atoms with E-state index in [1.807, 2.05) is 0 Å². The standard InChI is InChI=1S/C21H14FN3O4S/c22-14-5-7-16(8-6-14)30(28,29)25-13-18(17-3-1-2-4-19(17)25)20(26)21(27)24-15-9-11-23-12-10-15/h1-13H,(H,23,24,27). The maximum absolute atomic E-state index is 13.2. The van der Waals surface area contributed by atoms with Gasteiger partial charge in [-0.3, -0.25) is 14.6 Å². The Morgan fingerprint density at radius 3 is 2.30 bits per heavy atom. The van der Waals surface area contributed by atoms with Crippen LogP contribution in [0, 0.1) is 5.82 Å². The van der Waals surface area contributed by atoms with Gasteiger partial charge >= 0.3 is 0 Å². The molecule has 2 aromatic carbocycles. The molecule has 0 fully saturated rings. The molecule has 2 heterocycles. The number of Topliss-reactive ketones (excluding diaryl/α,β-unsaturated/α-hetero) is 1. The van der Waals surface area contributed by atoms with Crippen LogP contribution < -0.4 is 5.32 Å². The minimum Gasteiger partial charge on any atom is -0.319 e. The first kappa shape index (κ1) is 19.5. The molecule has 0 saturated carbocycles. The minimum absolute atomic E-state index is 0.0668. The van der Waals surface area contributed by atoms with Crippen molar-refractivity contribution < 1.29 is 22.4 Å². The van der Waals surface area contributed by atoms with Crippen molar-refractivity contribution in [2.45, 2.75) is 4.90 Å². The summed E-state index contributed by atoms with van der Waals surface area (Å²) in [7, 11) is -4.12. The Balaban J connectivity index is 1.78. The number of halogens is 1. The molecule has 0 aliphatic carbocycles. The summed E-state index contributed by atoms with van der Waals surface area (Å²) in [5.41, 5.74) is 0.538. The van der Waals surface area contributed by atoms with E-state index in [9.17, 15) is 22.4 Å². The van der Waals surface area contributed by atoms with Crippen molar-refractivity contribution in [3.8, 4) is 0 Å². The van der Waals surface area contributed by atoms with Gasteiger partial charge < -0.3 is 5.32 Å². The largest absolute Gasteiger partial charge is 0.319 e. The first-order valence-electron chi connectivity index (χ1n) is 8.75. The summed E-state index contributed by atoms with van der Waals surface area (Å²) in [6.45, 7) is 0. The zero-order valence-electron chi connectivity index (χ0n) is 15.3. The molecule has 0 unspecified atom stereocenters. The number of rotatable bonds is 5. The van der Waals surface area contributed by atoms with Gasteiger partial charge in [-0.15, -0.1) is 0 Å². The number of ketones is 1. The van der Waals surface area contributed by atoms with E-state index >= 15 is 0 Å². The molecule has 150 valence electrons. The Bertz CT molecular complexity index is 1360. The molecular formula is C21H14FN3O4S. The Labute approximate surface area is 170 Å². The van der Waals surface area contributed by atoms with Crippen molar-refractivity contribution in [3.05, 3.63) is 90.6 Å². The average molecular weight is 423 g/mol. The lowest BCUT2D eigenvalue weighted by molar-refractivity contribution is -0.112. The van der Waals surface area contributed by atoms with E-state index in [4.69, 9.17) is 0 Å². The number of nitrogens with one attached hydrogen (secondary N) is 1. The highest BCUT2D eigenvalue weighted by molar-refractivity contribution is 7.90. The van der Waals surface area contributed by atoms with Gasteiger partial charge in [-0.1, -0.05) is 18.2 Å². The third-order valence-electron chi connectivity index (χ3n) is 4.44. The lowest BCUT2D eigenvalue weighted by Gasteiger charge is -2.07. The van der Waals surface area contributed by atoms with E-state index in [1.54, 1.807) is 18.2 Å². The molecule has 0 aliphatic rings. The van der Waals surface area contributed by atoms with Crippen LogP contribution in [0.15, 0.2) is 84.1 Å². The number of carbonyl (C=O) groups excluding carboxylic acids is 2. The second kappa shape index (κ2) is 7.53. The Morgan fingerprint density at radius 1 is 0.933 bits per heavy atom. The summed E-state index contributed by atoms with van der Waals surface area (Å²) in [5, 5.41) is 2.77. The molecule has 2 aromatic heterocycles. The minimum atomic E-state index is -4.12. The summed E-state index contributed by atoms with van der Waals surface area (Å²) < 4.78 is 40.3. The predicted molar refractivity (Wildman–Crippen MR) is 108 cm³/mol. The van der Waals surface area contributed by atoms with E-state index < -0.39 is 27.5 Å². The normalized spacial score (nSPS) is 11.4. The number of amides is 1. The summed E-state index contributed by atoms with van der Waals surface area (Å²) >= 11 is 0. The molecule has 0 atom stereocenters. The van der Waals surface area contributed by atoms with Crippen LogP contribution in [-0.4, -0.2) is 29.1 Å². The van der Waals surface area contributed by atoms with Crippen LogP contribution in [0.25, 0.3) is 10.9 Å². The molecule has 7 nitrogen and oxygen atoms in total. The topological polar surface area (TPSA) is 98.1 Å². The number of hydrogen-bond donors (Lipinski definition) is 1. The molecule has 4 aromatic rings. The number of fused-ring (bicyclic) bond motifs is 1. The summed E-state index contributed by atoms with van der Waals surface area (Å²) in [4.78, 5) is 28.9. The van der Waals surface area contributed by atoms with Gasteiger partial charge in [-0.2, -0.15) is 0 Å². The van der Waals surface area contributed by atoms with Gasteiger partial charge in [-0.25, -0.2) is 16.8 Å². The number of aromatic nitrogens is 2. The highest BCUT2D eigenvalue weighted by Crippen LogP contribution is 2.27. The Hall–Kier alpha value is -3.85. The lowest BCUT2D eigenvalue weighted by atomic mass is 10.1. The summed E-state index contributed by atoms with van der Waals surface area (Å²) in [6.07, 6.45) is 4.03. The molecule has 0 saturated heterocycles. The van der Waals surface area contributed by atoms with Crippen molar-refractivity contribution in [2.75, 3.05) is 5.32 Å². The van der Waals surface area contributed by atoms with E-state index in [0.717, 1.165) is 34.4 Å². The van der Waals surface area contributed by atoms with Crippen LogP contribution in [0.1, 0.15) is 10.4 Å². The molecular weight excluding hydrogens is 409 g/mol. The van der Waals surface area contributed by atoms with Crippen molar-refractivity contribution in [3.63, 3.8) is 0 Å². The first-order chi connectivity index (χ1) is 14.4. The number of nitrogens with zero attached hydrogens (tertiary/aromatic N) is 2. The van der Waals surface area contributed by atoms with Gasteiger partial charge in [0.2, 0.25) is 0 Å². The van der Waals surface area contributed by atoms with Crippen LogP contribution >= 0.6 is 0 Å². The third kappa shape index (κ3) is 3.46. The summed E-state index contributed by atoms with van der Waals surface area (Å²) in [6, 6.07) is 13.7. The predicted octanol–water partition coefficient (Wildman–Crippen LogP) is 3.23. The molecule has 0 aliphatic heterocycles. The Morgan fingerprint density at radius 2 is 1.60 bits per heavy atom. The SMILES string of the molecule is O=C(Nc1ccncc1)C(=O)c1cn(S(=O)(=O)c2ccc(F)cc2)c2ccccc12. The molecule has 4 rings (SSSR count). The molecule has 30 heavy (non-hydrogen) atoms. The van der Waals surface area contributed by atoms with E-state index in [-0.39, 0.29) is 16.0 Å². The second-order valence-electron chi connectivity index (χ2n) is 6.33. The number of pyridine rings is 1. The quantitative estimate of drug-likeness (QED) is 0.393. The van der Waals surface area contributed by atoms with Crippen molar-refractivity contribution in [1.29, 1.82) is 0 Å². The molecule has 1 N–H and O–H groups in total. The maximum atomic E-state index is 13.2. The number of carbonyl (C=O) groups is 2. The molecule has 0 spiro atoms. The van der Waals surface area contributed by atoms with E-state index in [2.05, 4.69) is 10.3 Å². The van der Waals surface area contributed by atoms with Crippen LogP contribution in [0.5, 0.6) is 0 Å². The fourth-order valence-corrected chi connectivity index (χ4v) is 4.36. The fraction of sp³-hybridized carbons (Fsp3) is 0. The van der Waals surface area contributed by atoms with Crippen molar-refractivity contribution in [2.24, 2.45) is 0 Å². The zero-order valence-corrected chi connectivity index (χ0v) is 16.1. The zero-order chi connectivity index (χ0) is 21.3. The number of hydrogen-bond acceptors (Lipinski definition) is 5. The van der Waals surface area contributed by atoms with Gasteiger partial charge in [0.25, 0.3) is 21.7 Å². The monoisotopic (exact) mass is 423 g/mol.